The molecule has 2 aliphatic rings. The van der Waals surface area contributed by atoms with Gasteiger partial charge in [-0.15, -0.1) is 0 Å². The third kappa shape index (κ3) is 3.54. The molecule has 28 heavy (non-hydrogen) atoms. The van der Waals surface area contributed by atoms with Crippen LogP contribution in [0.2, 0.25) is 0 Å². The monoisotopic (exact) mass is 378 g/mol. The van der Waals surface area contributed by atoms with Crippen LogP contribution in [0, 0.1) is 5.92 Å². The molecule has 0 aromatic heterocycles. The van der Waals surface area contributed by atoms with Crippen LogP contribution in [-0.2, 0) is 9.59 Å². The summed E-state index contributed by atoms with van der Waals surface area (Å²) in [6.45, 7) is 1.86. The van der Waals surface area contributed by atoms with Gasteiger partial charge in [0.2, 0.25) is 11.8 Å². The van der Waals surface area contributed by atoms with Gasteiger partial charge >= 0.3 is 0 Å². The van der Waals surface area contributed by atoms with Crippen LogP contribution in [0.3, 0.4) is 0 Å². The van der Waals surface area contributed by atoms with Crippen LogP contribution in [-0.4, -0.2) is 47.1 Å². The zero-order chi connectivity index (χ0) is 19.7. The molecule has 2 N–H and O–H groups in total. The SMILES string of the molecule is CC(=O)N1[C@H](CO)[C@H](c2ccc(-c3ccccc3)cc2)[C@H]1CNC(=O)C1CC1. The van der Waals surface area contributed by atoms with Gasteiger partial charge in [0.1, 0.15) is 0 Å². The van der Waals surface area contributed by atoms with E-state index in [1.54, 1.807) is 4.90 Å². The van der Waals surface area contributed by atoms with Crippen molar-refractivity contribution in [2.24, 2.45) is 5.92 Å². The lowest BCUT2D eigenvalue weighted by Gasteiger charge is -2.54. The first-order chi connectivity index (χ1) is 13.6. The van der Waals surface area contributed by atoms with Crippen LogP contribution in [0.1, 0.15) is 31.2 Å². The predicted octanol–water partition coefficient (Wildman–Crippen LogP) is 2.56. The van der Waals surface area contributed by atoms with Gasteiger partial charge in [0.05, 0.1) is 18.7 Å². The van der Waals surface area contributed by atoms with Crippen LogP contribution < -0.4 is 5.32 Å². The number of carbonyl (C=O) groups is 2. The summed E-state index contributed by atoms with van der Waals surface area (Å²) >= 11 is 0. The average Bonchev–Trinajstić information content (AvgIpc) is 3.53. The van der Waals surface area contributed by atoms with E-state index in [-0.39, 0.29) is 42.3 Å². The predicted molar refractivity (Wildman–Crippen MR) is 108 cm³/mol. The third-order valence-corrected chi connectivity index (χ3v) is 5.93. The van der Waals surface area contributed by atoms with Crippen LogP contribution in [0.25, 0.3) is 11.1 Å². The normalized spacial score (nSPS) is 23.8. The Hall–Kier alpha value is -2.66. The lowest BCUT2D eigenvalue weighted by molar-refractivity contribution is -0.148. The molecule has 1 aliphatic heterocycles. The highest BCUT2D eigenvalue weighted by Crippen LogP contribution is 2.41. The van der Waals surface area contributed by atoms with Gasteiger partial charge in [0.25, 0.3) is 0 Å². The highest BCUT2D eigenvalue weighted by molar-refractivity contribution is 5.81. The Morgan fingerprint density at radius 2 is 1.64 bits per heavy atom. The summed E-state index contributed by atoms with van der Waals surface area (Å²) in [5.74, 6) is 0.164. The summed E-state index contributed by atoms with van der Waals surface area (Å²) in [7, 11) is 0. The summed E-state index contributed by atoms with van der Waals surface area (Å²) in [5.41, 5.74) is 3.37. The molecule has 0 bridgehead atoms. The van der Waals surface area contributed by atoms with E-state index in [4.69, 9.17) is 0 Å². The van der Waals surface area contributed by atoms with Crippen molar-refractivity contribution in [2.75, 3.05) is 13.2 Å². The highest BCUT2D eigenvalue weighted by Gasteiger charge is 2.50. The Bertz CT molecular complexity index is 846. The molecule has 1 saturated carbocycles. The number of carbonyl (C=O) groups excluding carboxylic acids is 2. The topological polar surface area (TPSA) is 69.6 Å². The number of aliphatic hydroxyl groups excluding tert-OH is 1. The summed E-state index contributed by atoms with van der Waals surface area (Å²) < 4.78 is 0. The van der Waals surface area contributed by atoms with E-state index in [1.807, 2.05) is 18.2 Å². The molecular weight excluding hydrogens is 352 g/mol. The molecule has 2 aromatic rings. The Labute approximate surface area is 165 Å². The molecule has 2 amide bonds. The number of likely N-dealkylation sites (tertiary alicyclic amines) is 1. The number of nitrogens with one attached hydrogen (secondary N) is 1. The minimum Gasteiger partial charge on any atom is -0.394 e. The number of benzene rings is 2. The second-order valence-corrected chi connectivity index (χ2v) is 7.78. The van der Waals surface area contributed by atoms with E-state index in [0.29, 0.717) is 6.54 Å². The molecule has 0 radical (unpaired) electrons. The average molecular weight is 378 g/mol. The molecule has 5 heteroatoms. The van der Waals surface area contributed by atoms with Gasteiger partial charge in [-0.25, -0.2) is 0 Å². The van der Waals surface area contributed by atoms with E-state index < -0.39 is 0 Å². The number of rotatable bonds is 6. The number of aliphatic hydroxyl groups is 1. The molecule has 4 rings (SSSR count). The molecule has 2 aromatic carbocycles. The number of amides is 2. The molecule has 3 atom stereocenters. The van der Waals surface area contributed by atoms with E-state index >= 15 is 0 Å². The Morgan fingerprint density at radius 3 is 2.21 bits per heavy atom. The summed E-state index contributed by atoms with van der Waals surface area (Å²) in [4.78, 5) is 25.9. The van der Waals surface area contributed by atoms with Crippen molar-refractivity contribution in [1.29, 1.82) is 0 Å². The van der Waals surface area contributed by atoms with E-state index in [1.165, 1.54) is 6.92 Å². The van der Waals surface area contributed by atoms with E-state index in [9.17, 15) is 14.7 Å². The summed E-state index contributed by atoms with van der Waals surface area (Å²) in [5, 5.41) is 12.9. The zero-order valence-corrected chi connectivity index (χ0v) is 16.0. The van der Waals surface area contributed by atoms with Gasteiger partial charge in [0, 0.05) is 25.3 Å². The Balaban J connectivity index is 1.54. The maximum Gasteiger partial charge on any atom is 0.223 e. The van der Waals surface area contributed by atoms with Gasteiger partial charge in [-0.2, -0.15) is 0 Å². The van der Waals surface area contributed by atoms with Crippen molar-refractivity contribution in [3.05, 3.63) is 60.2 Å². The first-order valence-corrected chi connectivity index (χ1v) is 9.93. The van der Waals surface area contributed by atoms with Crippen LogP contribution in [0.5, 0.6) is 0 Å². The first-order valence-electron chi connectivity index (χ1n) is 9.93. The van der Waals surface area contributed by atoms with E-state index in [2.05, 4.69) is 41.7 Å². The van der Waals surface area contributed by atoms with Gasteiger partial charge in [-0.05, 0) is 29.5 Å². The minimum absolute atomic E-state index is 0.0122. The fourth-order valence-electron chi connectivity index (χ4n) is 4.31. The Morgan fingerprint density at radius 1 is 1.00 bits per heavy atom. The molecule has 5 nitrogen and oxygen atoms in total. The van der Waals surface area contributed by atoms with Gasteiger partial charge in [-0.1, -0.05) is 54.6 Å². The number of nitrogens with zero attached hydrogens (tertiary/aromatic N) is 1. The largest absolute Gasteiger partial charge is 0.394 e. The van der Waals surface area contributed by atoms with E-state index in [0.717, 1.165) is 29.5 Å². The summed E-state index contributed by atoms with van der Waals surface area (Å²) in [6.07, 6.45) is 1.91. The Kier molecular flexibility index (Phi) is 5.18. The zero-order valence-electron chi connectivity index (χ0n) is 16.0. The van der Waals surface area contributed by atoms with Crippen LogP contribution in [0.4, 0.5) is 0 Å². The van der Waals surface area contributed by atoms with Crippen molar-refractivity contribution in [2.45, 2.75) is 37.8 Å². The lowest BCUT2D eigenvalue weighted by Crippen LogP contribution is -2.68. The number of hydrogen-bond donors (Lipinski definition) is 2. The van der Waals surface area contributed by atoms with Crippen molar-refractivity contribution < 1.29 is 14.7 Å². The standard InChI is InChI=1S/C23H26N2O3/c1-15(27)25-20(13-24-23(28)19-11-12-19)22(21(25)14-26)18-9-7-17(8-10-18)16-5-3-2-4-6-16/h2-10,19-22,26H,11-14H2,1H3,(H,24,28)/t20-,21-,22-/m1/s1. The van der Waals surface area contributed by atoms with Crippen molar-refractivity contribution in [3.63, 3.8) is 0 Å². The molecule has 146 valence electrons. The first kappa shape index (κ1) is 18.7. The molecule has 1 aliphatic carbocycles. The molecular formula is C23H26N2O3. The number of hydrogen-bond acceptors (Lipinski definition) is 3. The smallest absolute Gasteiger partial charge is 0.223 e. The lowest BCUT2D eigenvalue weighted by atomic mass is 9.74. The quantitative estimate of drug-likeness (QED) is 0.812. The minimum atomic E-state index is -0.247. The highest BCUT2D eigenvalue weighted by atomic mass is 16.3. The van der Waals surface area contributed by atoms with Crippen LogP contribution >= 0.6 is 0 Å². The van der Waals surface area contributed by atoms with Crippen molar-refractivity contribution in [1.82, 2.24) is 10.2 Å². The van der Waals surface area contributed by atoms with Gasteiger partial charge < -0.3 is 15.3 Å². The fourth-order valence-corrected chi connectivity index (χ4v) is 4.31. The second-order valence-electron chi connectivity index (χ2n) is 7.78. The fraction of sp³-hybridized carbons (Fsp3) is 0.391. The summed E-state index contributed by atoms with van der Waals surface area (Å²) in [6, 6.07) is 18.1. The van der Waals surface area contributed by atoms with Crippen molar-refractivity contribution in [3.8, 4) is 11.1 Å². The molecule has 0 unspecified atom stereocenters. The maximum atomic E-state index is 12.1. The molecule has 1 saturated heterocycles. The van der Waals surface area contributed by atoms with Gasteiger partial charge in [0.15, 0.2) is 0 Å². The molecule has 1 heterocycles. The third-order valence-electron chi connectivity index (χ3n) is 5.93. The maximum absolute atomic E-state index is 12.1. The van der Waals surface area contributed by atoms with Crippen LogP contribution in [0.15, 0.2) is 54.6 Å². The molecule has 2 fully saturated rings. The van der Waals surface area contributed by atoms with Crippen molar-refractivity contribution >= 4 is 11.8 Å². The molecule has 0 spiro atoms. The van der Waals surface area contributed by atoms with Gasteiger partial charge in [-0.3, -0.25) is 9.59 Å². The second kappa shape index (κ2) is 7.76.